The van der Waals surface area contributed by atoms with Crippen LogP contribution >= 0.6 is 0 Å². The lowest BCUT2D eigenvalue weighted by molar-refractivity contribution is -0.125. The molecule has 1 atom stereocenters. The third-order valence-corrected chi connectivity index (χ3v) is 4.52. The summed E-state index contributed by atoms with van der Waals surface area (Å²) >= 11 is 0. The third kappa shape index (κ3) is 2.83. The predicted octanol–water partition coefficient (Wildman–Crippen LogP) is 3.17. The maximum absolute atomic E-state index is 12.7. The molecule has 26 heavy (non-hydrogen) atoms. The Morgan fingerprint density at radius 1 is 1.23 bits per heavy atom. The summed E-state index contributed by atoms with van der Waals surface area (Å²) in [7, 11) is 0. The number of ether oxygens (including phenoxy) is 1. The topological polar surface area (TPSA) is 73.2 Å². The highest BCUT2D eigenvalue weighted by Crippen LogP contribution is 2.23. The molecule has 0 radical (unpaired) electrons. The number of para-hydroxylation sites is 2. The normalized spacial score (nSPS) is 16.2. The van der Waals surface area contributed by atoms with Gasteiger partial charge in [-0.1, -0.05) is 37.3 Å². The van der Waals surface area contributed by atoms with Crippen LogP contribution in [0.25, 0.3) is 11.0 Å². The number of esters is 1. The molecule has 6 heteroatoms. The Morgan fingerprint density at radius 2 is 2.00 bits per heavy atom. The van der Waals surface area contributed by atoms with Crippen LogP contribution in [0.15, 0.2) is 48.5 Å². The summed E-state index contributed by atoms with van der Waals surface area (Å²) < 4.78 is 7.31. The number of aryl methyl sites for hydroxylation is 1. The molecule has 0 bridgehead atoms. The van der Waals surface area contributed by atoms with E-state index >= 15 is 0 Å². The molecular weight excluding hydrogens is 330 g/mol. The second-order valence-corrected chi connectivity index (χ2v) is 6.32. The van der Waals surface area contributed by atoms with Gasteiger partial charge in [0.2, 0.25) is 5.95 Å². The first-order chi connectivity index (χ1) is 12.7. The van der Waals surface area contributed by atoms with Gasteiger partial charge in [0.15, 0.2) is 6.10 Å². The molecule has 0 aliphatic carbocycles. The Morgan fingerprint density at radius 3 is 2.85 bits per heavy atom. The summed E-state index contributed by atoms with van der Waals surface area (Å²) in [5.74, 6) is -0.345. The van der Waals surface area contributed by atoms with Crippen molar-refractivity contribution in [2.45, 2.75) is 32.4 Å². The molecule has 0 spiro atoms. The molecule has 1 aromatic heterocycles. The van der Waals surface area contributed by atoms with Gasteiger partial charge in [-0.2, -0.15) is 0 Å². The van der Waals surface area contributed by atoms with Gasteiger partial charge >= 0.3 is 5.97 Å². The van der Waals surface area contributed by atoms with Crippen LogP contribution in [-0.4, -0.2) is 27.5 Å². The Balaban J connectivity index is 1.60. The number of hydrogen-bond donors (Lipinski definition) is 1. The summed E-state index contributed by atoms with van der Waals surface area (Å²) in [6.45, 7) is 2.81. The first-order valence-corrected chi connectivity index (χ1v) is 8.72. The molecule has 6 nitrogen and oxygen atoms in total. The molecule has 0 saturated heterocycles. The lowest BCUT2D eigenvalue weighted by Gasteiger charge is -2.23. The van der Waals surface area contributed by atoms with Crippen molar-refractivity contribution in [3.8, 4) is 0 Å². The molecule has 1 aliphatic heterocycles. The lowest BCUT2D eigenvalue weighted by Crippen LogP contribution is -2.38. The number of carbonyl (C=O) groups is 2. The second-order valence-electron chi connectivity index (χ2n) is 6.32. The van der Waals surface area contributed by atoms with Crippen LogP contribution in [0.3, 0.4) is 0 Å². The van der Waals surface area contributed by atoms with Crippen molar-refractivity contribution in [1.82, 2.24) is 9.55 Å². The number of cyclic esters (lactones) is 1. The van der Waals surface area contributed by atoms with E-state index in [1.54, 1.807) is 12.1 Å². The molecule has 1 aliphatic rings. The predicted molar refractivity (Wildman–Crippen MR) is 98.0 cm³/mol. The van der Waals surface area contributed by atoms with Crippen molar-refractivity contribution >= 4 is 28.9 Å². The first kappa shape index (κ1) is 16.3. The zero-order chi connectivity index (χ0) is 18.1. The molecule has 3 aromatic rings. The van der Waals surface area contributed by atoms with Gasteiger partial charge in [-0.3, -0.25) is 10.1 Å². The number of rotatable bonds is 4. The molecule has 0 saturated carbocycles. The van der Waals surface area contributed by atoms with Gasteiger partial charge in [-0.25, -0.2) is 9.78 Å². The van der Waals surface area contributed by atoms with Crippen LogP contribution in [0.1, 0.15) is 29.3 Å². The highest BCUT2D eigenvalue weighted by atomic mass is 16.5. The minimum atomic E-state index is -0.854. The number of aromatic nitrogens is 2. The van der Waals surface area contributed by atoms with Crippen molar-refractivity contribution in [1.29, 1.82) is 0 Å². The van der Waals surface area contributed by atoms with Gasteiger partial charge in [0.25, 0.3) is 5.91 Å². The zero-order valence-corrected chi connectivity index (χ0v) is 14.4. The summed E-state index contributed by atoms with van der Waals surface area (Å²) in [6.07, 6.45) is 0.420. The van der Waals surface area contributed by atoms with E-state index < -0.39 is 12.1 Å². The fourth-order valence-electron chi connectivity index (χ4n) is 3.29. The first-order valence-electron chi connectivity index (χ1n) is 8.72. The number of nitrogens with zero attached hydrogens (tertiary/aromatic N) is 2. The van der Waals surface area contributed by atoms with Crippen LogP contribution in [0.2, 0.25) is 0 Å². The maximum Gasteiger partial charge on any atom is 0.339 e. The highest BCUT2D eigenvalue weighted by molar-refractivity contribution is 6.00. The highest BCUT2D eigenvalue weighted by Gasteiger charge is 2.31. The maximum atomic E-state index is 12.7. The van der Waals surface area contributed by atoms with Gasteiger partial charge in [0.1, 0.15) is 0 Å². The van der Waals surface area contributed by atoms with Crippen molar-refractivity contribution in [3.05, 3.63) is 59.7 Å². The number of anilines is 1. The number of hydrogen-bond acceptors (Lipinski definition) is 4. The van der Waals surface area contributed by atoms with E-state index in [9.17, 15) is 9.59 Å². The number of nitrogens with one attached hydrogen (secondary N) is 1. The number of benzene rings is 2. The van der Waals surface area contributed by atoms with Gasteiger partial charge in [0.05, 0.1) is 16.6 Å². The van der Waals surface area contributed by atoms with Crippen molar-refractivity contribution in [2.75, 3.05) is 5.32 Å². The van der Waals surface area contributed by atoms with E-state index in [1.807, 2.05) is 41.0 Å². The van der Waals surface area contributed by atoms with Gasteiger partial charge in [-0.05, 0) is 30.2 Å². The van der Waals surface area contributed by atoms with Gasteiger partial charge in [-0.15, -0.1) is 0 Å². The van der Waals surface area contributed by atoms with E-state index in [0.29, 0.717) is 17.9 Å². The van der Waals surface area contributed by atoms with E-state index in [0.717, 1.165) is 29.6 Å². The van der Waals surface area contributed by atoms with Crippen molar-refractivity contribution in [2.24, 2.45) is 0 Å². The van der Waals surface area contributed by atoms with E-state index in [4.69, 9.17) is 4.74 Å². The second kappa shape index (κ2) is 6.63. The van der Waals surface area contributed by atoms with Crippen molar-refractivity contribution in [3.63, 3.8) is 0 Å². The van der Waals surface area contributed by atoms with Crippen LogP contribution in [0.5, 0.6) is 0 Å². The summed E-state index contributed by atoms with van der Waals surface area (Å²) in [4.78, 5) is 29.4. The largest absolute Gasteiger partial charge is 0.448 e. The molecule has 2 aromatic carbocycles. The number of carbonyl (C=O) groups excluding carboxylic acids is 2. The summed E-state index contributed by atoms with van der Waals surface area (Å²) in [5, 5.41) is 2.84. The fourth-order valence-corrected chi connectivity index (χ4v) is 3.29. The Bertz CT molecular complexity index is 993. The number of fused-ring (bicyclic) bond motifs is 2. The van der Waals surface area contributed by atoms with Gasteiger partial charge in [0, 0.05) is 13.0 Å². The van der Waals surface area contributed by atoms with E-state index in [-0.39, 0.29) is 5.91 Å². The zero-order valence-electron chi connectivity index (χ0n) is 14.4. The minimum Gasteiger partial charge on any atom is -0.448 e. The molecule has 1 N–H and O–H groups in total. The minimum absolute atomic E-state index is 0.361. The van der Waals surface area contributed by atoms with Gasteiger partial charge < -0.3 is 9.30 Å². The van der Waals surface area contributed by atoms with Crippen molar-refractivity contribution < 1.29 is 14.3 Å². The Labute approximate surface area is 150 Å². The third-order valence-electron chi connectivity index (χ3n) is 4.52. The quantitative estimate of drug-likeness (QED) is 0.734. The Kier molecular flexibility index (Phi) is 4.16. The molecule has 2 heterocycles. The molecule has 132 valence electrons. The van der Waals surface area contributed by atoms with Crippen LogP contribution < -0.4 is 5.32 Å². The number of imidazole rings is 1. The van der Waals surface area contributed by atoms with E-state index in [1.165, 1.54) is 0 Å². The summed E-state index contributed by atoms with van der Waals surface area (Å²) in [6, 6.07) is 15.0. The van der Waals surface area contributed by atoms with E-state index in [2.05, 4.69) is 17.2 Å². The van der Waals surface area contributed by atoms with Crippen LogP contribution in [-0.2, 0) is 22.5 Å². The average Bonchev–Trinajstić information content (AvgIpc) is 2.99. The SMILES string of the molecule is CCCn1c(NC(=O)[C@@H]2Cc3ccccc3C(=O)O2)nc2ccccc21. The smallest absolute Gasteiger partial charge is 0.339 e. The lowest BCUT2D eigenvalue weighted by atomic mass is 9.98. The monoisotopic (exact) mass is 349 g/mol. The molecule has 0 unspecified atom stereocenters. The molecule has 1 amide bonds. The molecular formula is C20H19N3O3. The van der Waals surface area contributed by atoms with Crippen LogP contribution in [0, 0.1) is 0 Å². The average molecular weight is 349 g/mol. The summed E-state index contributed by atoms with van der Waals surface area (Å²) in [5.41, 5.74) is 3.14. The Hall–Kier alpha value is -3.15. The standard InChI is InChI=1S/C20H19N3O3/c1-2-11-23-16-10-6-5-9-15(16)21-20(23)22-18(24)17-12-13-7-3-4-8-14(13)19(25)26-17/h3-10,17H,2,11-12H2,1H3,(H,21,22,24)/t17-/m0/s1. The molecule has 0 fully saturated rings. The van der Waals surface area contributed by atoms with Crippen LogP contribution in [0.4, 0.5) is 5.95 Å². The molecule has 4 rings (SSSR count). The number of amides is 1. The fraction of sp³-hybridized carbons (Fsp3) is 0.250.